The van der Waals surface area contributed by atoms with Crippen molar-refractivity contribution in [2.45, 2.75) is 63.6 Å². The molecule has 1 aromatic carbocycles. The SMILES string of the molecule is C[C@@H]1CCCC[C@H]1NC(=O)N[C@H](CN(C)C1CCN(C)CC1)c1ccccc1. The highest BCUT2D eigenvalue weighted by Crippen LogP contribution is 2.24. The summed E-state index contributed by atoms with van der Waals surface area (Å²) in [7, 11) is 4.40. The van der Waals surface area contributed by atoms with Crippen molar-refractivity contribution in [1.82, 2.24) is 20.4 Å². The van der Waals surface area contributed by atoms with Crippen molar-refractivity contribution in [3.63, 3.8) is 0 Å². The average Bonchev–Trinajstić information content (AvgIpc) is 2.70. The van der Waals surface area contributed by atoms with Crippen LogP contribution in [-0.2, 0) is 0 Å². The number of likely N-dealkylation sites (N-methyl/N-ethyl adjacent to an activating group) is 1. The number of carbonyl (C=O) groups is 1. The molecule has 0 spiro atoms. The van der Waals surface area contributed by atoms with Crippen molar-refractivity contribution in [3.05, 3.63) is 35.9 Å². The first-order chi connectivity index (χ1) is 13.5. The fourth-order valence-corrected chi connectivity index (χ4v) is 4.69. The Morgan fingerprint density at radius 3 is 2.50 bits per heavy atom. The molecule has 1 saturated carbocycles. The minimum atomic E-state index is -0.0237. The number of amides is 2. The van der Waals surface area contributed by atoms with Crippen LogP contribution >= 0.6 is 0 Å². The number of hydrogen-bond acceptors (Lipinski definition) is 3. The maximum Gasteiger partial charge on any atom is 0.315 e. The van der Waals surface area contributed by atoms with E-state index < -0.39 is 0 Å². The van der Waals surface area contributed by atoms with Gasteiger partial charge < -0.3 is 20.4 Å². The van der Waals surface area contributed by atoms with Gasteiger partial charge in [0.05, 0.1) is 6.04 Å². The molecule has 3 atom stereocenters. The van der Waals surface area contributed by atoms with Crippen molar-refractivity contribution >= 4 is 6.03 Å². The highest BCUT2D eigenvalue weighted by atomic mass is 16.2. The van der Waals surface area contributed by atoms with Gasteiger partial charge >= 0.3 is 6.03 Å². The number of urea groups is 1. The van der Waals surface area contributed by atoms with E-state index in [2.05, 4.69) is 65.7 Å². The van der Waals surface area contributed by atoms with E-state index in [-0.39, 0.29) is 12.1 Å². The molecule has 1 heterocycles. The lowest BCUT2D eigenvalue weighted by Crippen LogP contribution is -2.50. The molecule has 2 fully saturated rings. The molecule has 0 unspecified atom stereocenters. The van der Waals surface area contributed by atoms with E-state index in [1.165, 1.54) is 37.7 Å². The van der Waals surface area contributed by atoms with E-state index in [1.54, 1.807) is 0 Å². The van der Waals surface area contributed by atoms with Gasteiger partial charge in [-0.3, -0.25) is 0 Å². The molecular weight excluding hydrogens is 348 g/mol. The molecule has 0 aromatic heterocycles. The summed E-state index contributed by atoms with van der Waals surface area (Å²) in [5.74, 6) is 0.566. The van der Waals surface area contributed by atoms with Gasteiger partial charge in [0.15, 0.2) is 0 Å². The van der Waals surface area contributed by atoms with Crippen molar-refractivity contribution in [2.75, 3.05) is 33.7 Å². The zero-order valence-electron chi connectivity index (χ0n) is 17.9. The topological polar surface area (TPSA) is 47.6 Å². The molecule has 1 aliphatic carbocycles. The summed E-state index contributed by atoms with van der Waals surface area (Å²) in [6.45, 7) is 5.40. The van der Waals surface area contributed by atoms with E-state index >= 15 is 0 Å². The predicted octanol–water partition coefficient (Wildman–Crippen LogP) is 3.63. The zero-order chi connectivity index (χ0) is 19.9. The average molecular weight is 387 g/mol. The summed E-state index contributed by atoms with van der Waals surface area (Å²) >= 11 is 0. The lowest BCUT2D eigenvalue weighted by Gasteiger charge is -2.37. The molecule has 1 aliphatic heterocycles. The summed E-state index contributed by atoms with van der Waals surface area (Å²) in [4.78, 5) is 17.6. The van der Waals surface area contributed by atoms with Crippen LogP contribution in [0.4, 0.5) is 4.79 Å². The molecule has 0 radical (unpaired) electrons. The van der Waals surface area contributed by atoms with Gasteiger partial charge in [-0.25, -0.2) is 4.79 Å². The van der Waals surface area contributed by atoms with Gasteiger partial charge in [-0.05, 0) is 64.3 Å². The summed E-state index contributed by atoms with van der Waals surface area (Å²) in [5.41, 5.74) is 1.18. The summed E-state index contributed by atoms with van der Waals surface area (Å²) in [6.07, 6.45) is 7.21. The van der Waals surface area contributed by atoms with Gasteiger partial charge in [0.1, 0.15) is 0 Å². The second-order valence-corrected chi connectivity index (χ2v) is 8.92. The number of nitrogens with one attached hydrogen (secondary N) is 2. The van der Waals surface area contributed by atoms with Gasteiger partial charge in [-0.2, -0.15) is 0 Å². The van der Waals surface area contributed by atoms with Gasteiger partial charge in [-0.1, -0.05) is 50.1 Å². The van der Waals surface area contributed by atoms with Gasteiger partial charge in [0.25, 0.3) is 0 Å². The van der Waals surface area contributed by atoms with Gasteiger partial charge in [0, 0.05) is 18.6 Å². The third kappa shape index (κ3) is 5.95. The maximum atomic E-state index is 12.8. The number of piperidine rings is 1. The van der Waals surface area contributed by atoms with E-state index in [1.807, 2.05) is 6.07 Å². The zero-order valence-corrected chi connectivity index (χ0v) is 17.9. The Labute approximate surface area is 170 Å². The molecule has 2 amide bonds. The van der Waals surface area contributed by atoms with Crippen LogP contribution in [0.25, 0.3) is 0 Å². The van der Waals surface area contributed by atoms with E-state index in [9.17, 15) is 4.79 Å². The molecule has 1 saturated heterocycles. The van der Waals surface area contributed by atoms with Crippen molar-refractivity contribution in [3.8, 4) is 0 Å². The van der Waals surface area contributed by atoms with E-state index in [0.29, 0.717) is 18.0 Å². The molecule has 156 valence electrons. The summed E-state index contributed by atoms with van der Waals surface area (Å²) in [5, 5.41) is 6.53. The fourth-order valence-electron chi connectivity index (χ4n) is 4.69. The van der Waals surface area contributed by atoms with Crippen LogP contribution in [0.2, 0.25) is 0 Å². The van der Waals surface area contributed by atoms with Gasteiger partial charge in [-0.15, -0.1) is 0 Å². The molecule has 1 aromatic rings. The lowest BCUT2D eigenvalue weighted by atomic mass is 9.86. The van der Waals surface area contributed by atoms with Crippen LogP contribution in [0.15, 0.2) is 30.3 Å². The van der Waals surface area contributed by atoms with Crippen LogP contribution in [0, 0.1) is 5.92 Å². The molecule has 0 bridgehead atoms. The van der Waals surface area contributed by atoms with Crippen LogP contribution in [0.1, 0.15) is 57.1 Å². The number of rotatable bonds is 6. The van der Waals surface area contributed by atoms with Crippen molar-refractivity contribution in [2.24, 2.45) is 5.92 Å². The summed E-state index contributed by atoms with van der Waals surface area (Å²) < 4.78 is 0. The largest absolute Gasteiger partial charge is 0.335 e. The quantitative estimate of drug-likeness (QED) is 0.785. The highest BCUT2D eigenvalue weighted by molar-refractivity contribution is 5.74. The number of hydrogen-bond donors (Lipinski definition) is 2. The standard InChI is InChI=1S/C23H38N4O/c1-18-9-7-8-12-21(18)24-23(28)25-22(19-10-5-4-6-11-19)17-27(3)20-13-15-26(2)16-14-20/h4-6,10-11,18,20-22H,7-9,12-17H2,1-3H3,(H2,24,25,28)/t18-,21-,22-/m1/s1. The number of likely N-dealkylation sites (tertiary alicyclic amines) is 1. The first-order valence-electron chi connectivity index (χ1n) is 11.0. The van der Waals surface area contributed by atoms with Crippen molar-refractivity contribution < 1.29 is 4.79 Å². The Balaban J connectivity index is 1.61. The maximum absolute atomic E-state index is 12.8. The molecule has 2 aliphatic rings. The molecule has 2 N–H and O–H groups in total. The Morgan fingerprint density at radius 2 is 1.82 bits per heavy atom. The van der Waals surface area contributed by atoms with E-state index in [4.69, 9.17) is 0 Å². The minimum absolute atomic E-state index is 0.00440. The Morgan fingerprint density at radius 1 is 1.14 bits per heavy atom. The number of benzene rings is 1. The Bertz CT molecular complexity index is 600. The van der Waals surface area contributed by atoms with Gasteiger partial charge in [0.2, 0.25) is 0 Å². The Kier molecular flexibility index (Phi) is 7.74. The molecule has 3 rings (SSSR count). The first kappa shape index (κ1) is 21.1. The fraction of sp³-hybridized carbons (Fsp3) is 0.696. The van der Waals surface area contributed by atoms with Crippen LogP contribution in [0.3, 0.4) is 0 Å². The normalized spacial score (nSPS) is 25.4. The predicted molar refractivity (Wildman–Crippen MR) is 115 cm³/mol. The van der Waals surface area contributed by atoms with Crippen LogP contribution in [-0.4, -0.2) is 61.6 Å². The minimum Gasteiger partial charge on any atom is -0.335 e. The molecule has 28 heavy (non-hydrogen) atoms. The molecule has 5 nitrogen and oxygen atoms in total. The Hall–Kier alpha value is -1.59. The number of nitrogens with zero attached hydrogens (tertiary/aromatic N) is 2. The summed E-state index contributed by atoms with van der Waals surface area (Å²) in [6, 6.07) is 11.3. The monoisotopic (exact) mass is 386 g/mol. The second kappa shape index (κ2) is 10.3. The second-order valence-electron chi connectivity index (χ2n) is 8.92. The third-order valence-corrected chi connectivity index (χ3v) is 6.72. The highest BCUT2D eigenvalue weighted by Gasteiger charge is 2.26. The van der Waals surface area contributed by atoms with E-state index in [0.717, 1.165) is 26.1 Å². The molecular formula is C23H38N4O. The third-order valence-electron chi connectivity index (χ3n) is 6.72. The van der Waals surface area contributed by atoms with Crippen LogP contribution in [0.5, 0.6) is 0 Å². The van der Waals surface area contributed by atoms with Crippen molar-refractivity contribution in [1.29, 1.82) is 0 Å². The lowest BCUT2D eigenvalue weighted by molar-refractivity contribution is 0.134. The first-order valence-corrected chi connectivity index (χ1v) is 11.0. The smallest absolute Gasteiger partial charge is 0.315 e. The molecule has 5 heteroatoms. The number of carbonyl (C=O) groups excluding carboxylic acids is 1. The van der Waals surface area contributed by atoms with Crippen LogP contribution < -0.4 is 10.6 Å².